The molecule has 1 heterocycles. The molecule has 1 fully saturated rings. The number of hydrogen-bond acceptors (Lipinski definition) is 2. The molecule has 1 aliphatic rings. The molecule has 0 radical (unpaired) electrons. The monoisotopic (exact) mass is 288 g/mol. The summed E-state index contributed by atoms with van der Waals surface area (Å²) in [6.07, 6.45) is 4.00. The first-order valence-electron chi connectivity index (χ1n) is 8.11. The average molecular weight is 288 g/mol. The van der Waals surface area contributed by atoms with Crippen molar-refractivity contribution in [3.05, 3.63) is 34.9 Å². The van der Waals surface area contributed by atoms with E-state index in [-0.39, 0.29) is 11.9 Å². The molecule has 21 heavy (non-hydrogen) atoms. The number of carbonyl (C=O) groups is 1. The van der Waals surface area contributed by atoms with Gasteiger partial charge in [-0.3, -0.25) is 4.79 Å². The minimum absolute atomic E-state index is 0.0913. The van der Waals surface area contributed by atoms with Gasteiger partial charge in [-0.15, -0.1) is 0 Å². The van der Waals surface area contributed by atoms with Crippen LogP contribution in [0.1, 0.15) is 55.3 Å². The number of likely N-dealkylation sites (tertiary alicyclic amines) is 1. The molecule has 1 aromatic rings. The Balaban J connectivity index is 2.02. The number of rotatable bonds is 4. The number of benzene rings is 1. The SMILES string of the molecule is CCC1CCC(=O)N(CC(N)c2ccc(C)c(C)c2)CC1. The normalized spacial score (nSPS) is 21.2. The molecular weight excluding hydrogens is 260 g/mol. The summed E-state index contributed by atoms with van der Waals surface area (Å²) >= 11 is 0. The molecule has 2 unspecified atom stereocenters. The molecule has 116 valence electrons. The van der Waals surface area contributed by atoms with E-state index in [0.717, 1.165) is 24.9 Å². The Bertz CT molecular complexity index is 498. The highest BCUT2D eigenvalue weighted by molar-refractivity contribution is 5.76. The van der Waals surface area contributed by atoms with Gasteiger partial charge >= 0.3 is 0 Å². The lowest BCUT2D eigenvalue weighted by atomic mass is 9.98. The van der Waals surface area contributed by atoms with Crippen LogP contribution in [0.4, 0.5) is 0 Å². The summed E-state index contributed by atoms with van der Waals surface area (Å²) in [5, 5.41) is 0. The van der Waals surface area contributed by atoms with Crippen molar-refractivity contribution in [1.29, 1.82) is 0 Å². The summed E-state index contributed by atoms with van der Waals surface area (Å²) in [5.41, 5.74) is 10.00. The smallest absolute Gasteiger partial charge is 0.222 e. The van der Waals surface area contributed by atoms with Crippen LogP contribution in [-0.2, 0) is 4.79 Å². The van der Waals surface area contributed by atoms with Gasteiger partial charge in [0, 0.05) is 25.6 Å². The molecule has 0 saturated carbocycles. The van der Waals surface area contributed by atoms with E-state index in [0.29, 0.717) is 18.9 Å². The molecule has 1 saturated heterocycles. The van der Waals surface area contributed by atoms with Crippen LogP contribution < -0.4 is 5.73 Å². The standard InChI is InChI=1S/C18H28N2O/c1-4-15-6-8-18(21)20(10-9-15)12-17(19)16-7-5-13(2)14(3)11-16/h5,7,11,15,17H,4,6,8-10,12,19H2,1-3H3. The molecule has 2 rings (SSSR count). The van der Waals surface area contributed by atoms with Gasteiger partial charge in [0.15, 0.2) is 0 Å². The predicted octanol–water partition coefficient (Wildman–Crippen LogP) is 3.34. The van der Waals surface area contributed by atoms with Crippen LogP contribution in [0.3, 0.4) is 0 Å². The van der Waals surface area contributed by atoms with Crippen LogP contribution in [0.15, 0.2) is 18.2 Å². The second-order valence-electron chi connectivity index (χ2n) is 6.39. The Morgan fingerprint density at radius 2 is 2.05 bits per heavy atom. The van der Waals surface area contributed by atoms with E-state index in [1.165, 1.54) is 17.5 Å². The lowest BCUT2D eigenvalue weighted by Gasteiger charge is -2.25. The second kappa shape index (κ2) is 7.08. The zero-order valence-corrected chi connectivity index (χ0v) is 13.6. The van der Waals surface area contributed by atoms with E-state index in [1.807, 2.05) is 4.90 Å². The molecule has 3 heteroatoms. The van der Waals surface area contributed by atoms with Crippen molar-refractivity contribution in [2.75, 3.05) is 13.1 Å². The summed E-state index contributed by atoms with van der Waals surface area (Å²) in [6.45, 7) is 7.92. The van der Waals surface area contributed by atoms with E-state index in [2.05, 4.69) is 39.0 Å². The van der Waals surface area contributed by atoms with Gasteiger partial charge in [0.25, 0.3) is 0 Å². The topological polar surface area (TPSA) is 46.3 Å². The molecule has 0 aliphatic carbocycles. The highest BCUT2D eigenvalue weighted by Crippen LogP contribution is 2.23. The Labute approximate surface area is 128 Å². The summed E-state index contributed by atoms with van der Waals surface area (Å²) in [4.78, 5) is 14.2. The number of nitrogens with zero attached hydrogens (tertiary/aromatic N) is 1. The van der Waals surface area contributed by atoms with Gasteiger partial charge in [0.1, 0.15) is 0 Å². The van der Waals surface area contributed by atoms with Crippen LogP contribution in [0.2, 0.25) is 0 Å². The lowest BCUT2D eigenvalue weighted by molar-refractivity contribution is -0.130. The number of aryl methyl sites for hydroxylation is 2. The van der Waals surface area contributed by atoms with Crippen molar-refractivity contribution >= 4 is 5.91 Å². The lowest BCUT2D eigenvalue weighted by Crippen LogP contribution is -2.36. The zero-order chi connectivity index (χ0) is 15.4. The Morgan fingerprint density at radius 1 is 1.29 bits per heavy atom. The molecule has 1 amide bonds. The third-order valence-electron chi connectivity index (χ3n) is 4.88. The number of carbonyl (C=O) groups excluding carboxylic acids is 1. The number of amides is 1. The Kier molecular flexibility index (Phi) is 5.40. The van der Waals surface area contributed by atoms with Crippen molar-refractivity contribution in [2.24, 2.45) is 11.7 Å². The predicted molar refractivity (Wildman–Crippen MR) is 87.1 cm³/mol. The maximum Gasteiger partial charge on any atom is 0.222 e. The van der Waals surface area contributed by atoms with Gasteiger partial charge in [-0.1, -0.05) is 31.5 Å². The maximum absolute atomic E-state index is 12.2. The molecule has 0 bridgehead atoms. The fraction of sp³-hybridized carbons (Fsp3) is 0.611. The average Bonchev–Trinajstić information content (AvgIpc) is 2.64. The van der Waals surface area contributed by atoms with Gasteiger partial charge in [0.05, 0.1) is 0 Å². The Morgan fingerprint density at radius 3 is 2.71 bits per heavy atom. The van der Waals surface area contributed by atoms with Gasteiger partial charge in [-0.25, -0.2) is 0 Å². The van der Waals surface area contributed by atoms with Gasteiger partial charge in [-0.2, -0.15) is 0 Å². The Hall–Kier alpha value is -1.35. The van der Waals surface area contributed by atoms with Crippen molar-refractivity contribution in [1.82, 2.24) is 4.90 Å². The minimum Gasteiger partial charge on any atom is -0.341 e. The van der Waals surface area contributed by atoms with Crippen LogP contribution in [0.25, 0.3) is 0 Å². The molecule has 0 aromatic heterocycles. The van der Waals surface area contributed by atoms with Gasteiger partial charge < -0.3 is 10.6 Å². The summed E-state index contributed by atoms with van der Waals surface area (Å²) < 4.78 is 0. The van der Waals surface area contributed by atoms with E-state index in [1.54, 1.807) is 0 Å². The molecular formula is C18H28N2O. The fourth-order valence-corrected chi connectivity index (χ4v) is 3.03. The molecule has 3 nitrogen and oxygen atoms in total. The van der Waals surface area contributed by atoms with Crippen molar-refractivity contribution in [2.45, 2.75) is 52.5 Å². The third kappa shape index (κ3) is 4.07. The summed E-state index contributed by atoms with van der Waals surface area (Å²) in [6, 6.07) is 6.26. The van der Waals surface area contributed by atoms with Crippen LogP contribution in [0.5, 0.6) is 0 Å². The quantitative estimate of drug-likeness (QED) is 0.923. The van der Waals surface area contributed by atoms with Crippen LogP contribution in [0, 0.1) is 19.8 Å². The zero-order valence-electron chi connectivity index (χ0n) is 13.6. The van der Waals surface area contributed by atoms with E-state index >= 15 is 0 Å². The van der Waals surface area contributed by atoms with Crippen molar-refractivity contribution < 1.29 is 4.79 Å². The number of hydrogen-bond donors (Lipinski definition) is 1. The van der Waals surface area contributed by atoms with Crippen LogP contribution in [-0.4, -0.2) is 23.9 Å². The van der Waals surface area contributed by atoms with Gasteiger partial charge in [0.2, 0.25) is 5.91 Å². The highest BCUT2D eigenvalue weighted by atomic mass is 16.2. The first-order valence-corrected chi connectivity index (χ1v) is 8.11. The van der Waals surface area contributed by atoms with Crippen molar-refractivity contribution in [3.8, 4) is 0 Å². The first-order chi connectivity index (χ1) is 10.0. The molecule has 2 N–H and O–H groups in total. The van der Waals surface area contributed by atoms with E-state index < -0.39 is 0 Å². The van der Waals surface area contributed by atoms with Gasteiger partial charge in [-0.05, 0) is 49.3 Å². The third-order valence-corrected chi connectivity index (χ3v) is 4.88. The minimum atomic E-state index is -0.0913. The van der Waals surface area contributed by atoms with Crippen LogP contribution >= 0.6 is 0 Å². The molecule has 1 aromatic carbocycles. The maximum atomic E-state index is 12.2. The largest absolute Gasteiger partial charge is 0.341 e. The fourth-order valence-electron chi connectivity index (χ4n) is 3.03. The number of nitrogens with two attached hydrogens (primary N) is 1. The van der Waals surface area contributed by atoms with E-state index in [4.69, 9.17) is 5.73 Å². The summed E-state index contributed by atoms with van der Waals surface area (Å²) in [5.74, 6) is 0.960. The summed E-state index contributed by atoms with van der Waals surface area (Å²) in [7, 11) is 0. The van der Waals surface area contributed by atoms with E-state index in [9.17, 15) is 4.79 Å². The van der Waals surface area contributed by atoms with Crippen molar-refractivity contribution in [3.63, 3.8) is 0 Å². The molecule has 1 aliphatic heterocycles. The molecule has 2 atom stereocenters. The first kappa shape index (κ1) is 16.0. The highest BCUT2D eigenvalue weighted by Gasteiger charge is 2.23. The second-order valence-corrected chi connectivity index (χ2v) is 6.39. The molecule has 0 spiro atoms.